The third-order valence-electron chi connectivity index (χ3n) is 2.48. The molecule has 86 valence electrons. The fraction of sp³-hybridized carbons (Fsp3) is 0.818. The molecule has 1 aromatic heterocycles. The number of hydrogen-bond donors (Lipinski definition) is 1. The first-order chi connectivity index (χ1) is 7.19. The molecule has 0 radical (unpaired) electrons. The van der Waals surface area contributed by atoms with Crippen molar-refractivity contribution in [3.05, 3.63) is 11.8 Å². The lowest BCUT2D eigenvalue weighted by Gasteiger charge is -2.07. The lowest BCUT2D eigenvalue weighted by atomic mass is 10.1. The van der Waals surface area contributed by atoms with Gasteiger partial charge in [0, 0.05) is 5.92 Å². The van der Waals surface area contributed by atoms with E-state index < -0.39 is 0 Å². The Morgan fingerprint density at radius 2 is 1.87 bits per heavy atom. The predicted molar refractivity (Wildman–Crippen MR) is 59.7 cm³/mol. The Kier molecular flexibility index (Phi) is 4.75. The van der Waals surface area contributed by atoms with Crippen molar-refractivity contribution >= 4 is 0 Å². The maximum Gasteiger partial charge on any atom is 0.233 e. The second-order valence-electron chi connectivity index (χ2n) is 3.95. The zero-order chi connectivity index (χ0) is 11.3. The van der Waals surface area contributed by atoms with E-state index in [1.54, 1.807) is 0 Å². The van der Waals surface area contributed by atoms with Gasteiger partial charge in [0.15, 0.2) is 0 Å². The van der Waals surface area contributed by atoms with E-state index in [9.17, 15) is 0 Å². The highest BCUT2D eigenvalue weighted by Gasteiger charge is 2.16. The molecule has 0 saturated heterocycles. The number of aromatic nitrogens is 2. The molecule has 15 heavy (non-hydrogen) atoms. The topological polar surface area (TPSA) is 51.0 Å². The van der Waals surface area contributed by atoms with Crippen molar-refractivity contribution in [2.24, 2.45) is 0 Å². The average molecular weight is 211 g/mol. The SMILES string of the molecule is CCCC(C)c1nnc(C(C)NCC)o1. The van der Waals surface area contributed by atoms with Crippen LogP contribution in [0.4, 0.5) is 0 Å². The number of nitrogens with zero attached hydrogens (tertiary/aromatic N) is 2. The number of rotatable bonds is 6. The molecule has 2 unspecified atom stereocenters. The Labute approximate surface area is 91.5 Å². The van der Waals surface area contributed by atoms with Gasteiger partial charge in [-0.15, -0.1) is 10.2 Å². The van der Waals surface area contributed by atoms with Crippen molar-refractivity contribution in [1.29, 1.82) is 0 Å². The van der Waals surface area contributed by atoms with Gasteiger partial charge in [-0.05, 0) is 19.9 Å². The summed E-state index contributed by atoms with van der Waals surface area (Å²) in [5.74, 6) is 1.82. The summed E-state index contributed by atoms with van der Waals surface area (Å²) >= 11 is 0. The minimum atomic E-state index is 0.144. The zero-order valence-electron chi connectivity index (χ0n) is 10.1. The van der Waals surface area contributed by atoms with Gasteiger partial charge in [-0.25, -0.2) is 0 Å². The van der Waals surface area contributed by atoms with Crippen molar-refractivity contribution in [2.75, 3.05) is 6.54 Å². The fourth-order valence-electron chi connectivity index (χ4n) is 1.57. The van der Waals surface area contributed by atoms with Crippen molar-refractivity contribution in [3.8, 4) is 0 Å². The van der Waals surface area contributed by atoms with Gasteiger partial charge in [0.1, 0.15) is 0 Å². The molecule has 1 N–H and O–H groups in total. The average Bonchev–Trinajstić information content (AvgIpc) is 2.67. The molecule has 1 rings (SSSR count). The molecule has 1 heterocycles. The maximum absolute atomic E-state index is 5.63. The highest BCUT2D eigenvalue weighted by atomic mass is 16.4. The molecule has 2 atom stereocenters. The predicted octanol–water partition coefficient (Wildman–Crippen LogP) is 2.64. The van der Waals surface area contributed by atoms with Crippen LogP contribution in [0.25, 0.3) is 0 Å². The first kappa shape index (κ1) is 12.2. The Hall–Kier alpha value is -0.900. The van der Waals surface area contributed by atoms with Crippen LogP contribution in [0.1, 0.15) is 64.3 Å². The molecule has 0 amide bonds. The normalized spacial score (nSPS) is 15.2. The van der Waals surface area contributed by atoms with Gasteiger partial charge < -0.3 is 9.73 Å². The molecule has 4 nitrogen and oxygen atoms in total. The third kappa shape index (κ3) is 3.30. The molecular weight excluding hydrogens is 190 g/mol. The molecule has 0 bridgehead atoms. The summed E-state index contributed by atoms with van der Waals surface area (Å²) in [5, 5.41) is 11.4. The van der Waals surface area contributed by atoms with E-state index in [-0.39, 0.29) is 6.04 Å². The lowest BCUT2D eigenvalue weighted by Crippen LogP contribution is -2.17. The Morgan fingerprint density at radius 1 is 1.20 bits per heavy atom. The summed E-state index contributed by atoms with van der Waals surface area (Å²) in [4.78, 5) is 0. The summed E-state index contributed by atoms with van der Waals surface area (Å²) in [6.45, 7) is 9.29. The van der Waals surface area contributed by atoms with Crippen LogP contribution in [0, 0.1) is 0 Å². The van der Waals surface area contributed by atoms with Crippen LogP contribution < -0.4 is 5.32 Å². The van der Waals surface area contributed by atoms with Gasteiger partial charge >= 0.3 is 0 Å². The maximum atomic E-state index is 5.63. The van der Waals surface area contributed by atoms with Gasteiger partial charge in [-0.2, -0.15) is 0 Å². The number of nitrogens with one attached hydrogen (secondary N) is 1. The Balaban J connectivity index is 2.62. The lowest BCUT2D eigenvalue weighted by molar-refractivity contribution is 0.376. The molecule has 1 aromatic rings. The molecule has 0 fully saturated rings. The second kappa shape index (κ2) is 5.85. The smallest absolute Gasteiger partial charge is 0.233 e. The van der Waals surface area contributed by atoms with E-state index in [1.807, 2.05) is 6.92 Å². The van der Waals surface area contributed by atoms with Gasteiger partial charge in [0.25, 0.3) is 0 Å². The van der Waals surface area contributed by atoms with Crippen LogP contribution in [0.3, 0.4) is 0 Å². The molecule has 0 spiro atoms. The third-order valence-corrected chi connectivity index (χ3v) is 2.48. The fourth-order valence-corrected chi connectivity index (χ4v) is 1.57. The molecule has 0 aliphatic rings. The van der Waals surface area contributed by atoms with Crippen molar-refractivity contribution in [3.63, 3.8) is 0 Å². The van der Waals surface area contributed by atoms with Crippen LogP contribution in [0.5, 0.6) is 0 Å². The van der Waals surface area contributed by atoms with Crippen LogP contribution in [-0.2, 0) is 0 Å². The van der Waals surface area contributed by atoms with Crippen molar-refractivity contribution < 1.29 is 4.42 Å². The van der Waals surface area contributed by atoms with E-state index in [0.717, 1.165) is 25.3 Å². The highest BCUT2D eigenvalue weighted by molar-refractivity contribution is 4.92. The van der Waals surface area contributed by atoms with E-state index in [0.29, 0.717) is 11.8 Å². The molecule has 0 aliphatic heterocycles. The summed E-state index contributed by atoms with van der Waals surface area (Å²) < 4.78 is 5.63. The monoisotopic (exact) mass is 211 g/mol. The summed E-state index contributed by atoms with van der Waals surface area (Å²) in [7, 11) is 0. The molecule has 0 aromatic carbocycles. The minimum absolute atomic E-state index is 0.144. The highest BCUT2D eigenvalue weighted by Crippen LogP contribution is 2.20. The molecule has 0 aliphatic carbocycles. The van der Waals surface area contributed by atoms with E-state index in [1.165, 1.54) is 0 Å². The first-order valence-electron chi connectivity index (χ1n) is 5.75. The summed E-state index contributed by atoms with van der Waals surface area (Å²) in [6, 6.07) is 0.144. The van der Waals surface area contributed by atoms with Crippen molar-refractivity contribution in [1.82, 2.24) is 15.5 Å². The zero-order valence-corrected chi connectivity index (χ0v) is 10.1. The quantitative estimate of drug-likeness (QED) is 0.786. The Bertz CT molecular complexity index is 259. The van der Waals surface area contributed by atoms with E-state index >= 15 is 0 Å². The molecule has 0 saturated carbocycles. The van der Waals surface area contributed by atoms with Gasteiger partial charge in [-0.3, -0.25) is 0 Å². The molecular formula is C11H21N3O. The number of hydrogen-bond acceptors (Lipinski definition) is 4. The Morgan fingerprint density at radius 3 is 2.47 bits per heavy atom. The van der Waals surface area contributed by atoms with Crippen LogP contribution in [-0.4, -0.2) is 16.7 Å². The summed E-state index contributed by atoms with van der Waals surface area (Å²) in [5.41, 5.74) is 0. The van der Waals surface area contributed by atoms with E-state index in [2.05, 4.69) is 36.3 Å². The minimum Gasteiger partial charge on any atom is -0.423 e. The van der Waals surface area contributed by atoms with Gasteiger partial charge in [-0.1, -0.05) is 27.2 Å². The largest absolute Gasteiger partial charge is 0.423 e. The van der Waals surface area contributed by atoms with Crippen LogP contribution >= 0.6 is 0 Å². The van der Waals surface area contributed by atoms with Crippen molar-refractivity contribution in [2.45, 2.75) is 52.5 Å². The van der Waals surface area contributed by atoms with Crippen LogP contribution in [0.2, 0.25) is 0 Å². The molecule has 4 heteroatoms. The van der Waals surface area contributed by atoms with Gasteiger partial charge in [0.05, 0.1) is 6.04 Å². The summed E-state index contributed by atoms with van der Waals surface area (Å²) in [6.07, 6.45) is 2.23. The van der Waals surface area contributed by atoms with E-state index in [4.69, 9.17) is 4.42 Å². The van der Waals surface area contributed by atoms with Gasteiger partial charge in [0.2, 0.25) is 11.8 Å². The standard InChI is InChI=1S/C11H21N3O/c1-5-7-8(3)10-13-14-11(15-10)9(4)12-6-2/h8-9,12H,5-7H2,1-4H3. The van der Waals surface area contributed by atoms with Crippen LogP contribution in [0.15, 0.2) is 4.42 Å². The second-order valence-corrected chi connectivity index (χ2v) is 3.95. The first-order valence-corrected chi connectivity index (χ1v) is 5.75.